The van der Waals surface area contributed by atoms with E-state index < -0.39 is 5.97 Å². The molecule has 0 radical (unpaired) electrons. The number of carboxylic acid groups (broad SMARTS) is 1. The van der Waals surface area contributed by atoms with E-state index in [1.165, 1.54) is 12.8 Å². The van der Waals surface area contributed by atoms with Crippen molar-refractivity contribution >= 4 is 5.97 Å². The summed E-state index contributed by atoms with van der Waals surface area (Å²) in [7, 11) is 0. The van der Waals surface area contributed by atoms with Crippen LogP contribution in [-0.4, -0.2) is 11.1 Å². The highest BCUT2D eigenvalue weighted by Gasteiger charge is 2.03. The van der Waals surface area contributed by atoms with Crippen molar-refractivity contribution in [3.63, 3.8) is 0 Å². The SMILES string of the molecule is C=CC(=O)O.CCC(C)(C)C.CCC(C)(C)C. The van der Waals surface area contributed by atoms with Crippen molar-refractivity contribution in [2.24, 2.45) is 10.8 Å². The smallest absolute Gasteiger partial charge is 0.327 e. The van der Waals surface area contributed by atoms with Gasteiger partial charge in [0.05, 0.1) is 0 Å². The minimum Gasteiger partial charge on any atom is -0.478 e. The Kier molecular flexibility index (Phi) is 13.1. The molecule has 17 heavy (non-hydrogen) atoms. The van der Waals surface area contributed by atoms with Crippen LogP contribution >= 0.6 is 0 Å². The molecule has 0 unspecified atom stereocenters. The van der Waals surface area contributed by atoms with Gasteiger partial charge in [0.1, 0.15) is 0 Å². The molecule has 0 rings (SSSR count). The minimum absolute atomic E-state index is 0.542. The molecule has 0 spiro atoms. The van der Waals surface area contributed by atoms with E-state index in [-0.39, 0.29) is 0 Å². The fourth-order valence-electron chi connectivity index (χ4n) is 0. The molecule has 0 atom stereocenters. The zero-order valence-corrected chi connectivity index (χ0v) is 13.1. The molecule has 2 heteroatoms. The van der Waals surface area contributed by atoms with Crippen molar-refractivity contribution in [3.05, 3.63) is 12.7 Å². The summed E-state index contributed by atoms with van der Waals surface area (Å²) in [5.74, 6) is -0.981. The molecule has 0 heterocycles. The van der Waals surface area contributed by atoms with E-state index in [2.05, 4.69) is 62.0 Å². The summed E-state index contributed by atoms with van der Waals surface area (Å²) in [6.07, 6.45) is 3.38. The normalized spacial score (nSPS) is 10.4. The molecule has 0 aromatic rings. The Labute approximate surface area is 108 Å². The van der Waals surface area contributed by atoms with Gasteiger partial charge >= 0.3 is 5.97 Å². The first kappa shape index (κ1) is 21.5. The predicted molar refractivity (Wildman–Crippen MR) is 77.3 cm³/mol. The average Bonchev–Trinajstić information content (AvgIpc) is 2.17. The second-order valence-corrected chi connectivity index (χ2v) is 6.37. The molecule has 0 aromatic heterocycles. The maximum Gasteiger partial charge on any atom is 0.327 e. The maximum absolute atomic E-state index is 9.25. The van der Waals surface area contributed by atoms with E-state index in [0.717, 1.165) is 6.08 Å². The highest BCUT2D eigenvalue weighted by Crippen LogP contribution is 2.16. The lowest BCUT2D eigenvalue weighted by Crippen LogP contribution is -2.00. The van der Waals surface area contributed by atoms with Crippen LogP contribution in [0.4, 0.5) is 0 Å². The third-order valence-electron chi connectivity index (χ3n) is 2.30. The molecular weight excluding hydrogens is 212 g/mol. The lowest BCUT2D eigenvalue weighted by Gasteiger charge is -2.12. The summed E-state index contributed by atoms with van der Waals surface area (Å²) in [4.78, 5) is 9.25. The van der Waals surface area contributed by atoms with Crippen LogP contribution in [0, 0.1) is 10.8 Å². The Morgan fingerprint density at radius 3 is 1.12 bits per heavy atom. The minimum atomic E-state index is -0.981. The van der Waals surface area contributed by atoms with Gasteiger partial charge in [0.15, 0.2) is 0 Å². The number of hydrogen-bond acceptors (Lipinski definition) is 1. The molecule has 0 bridgehead atoms. The molecule has 2 nitrogen and oxygen atoms in total. The van der Waals surface area contributed by atoms with Crippen LogP contribution in [-0.2, 0) is 4.79 Å². The molecule has 0 fully saturated rings. The number of aliphatic carboxylic acids is 1. The topological polar surface area (TPSA) is 37.3 Å². The lowest BCUT2D eigenvalue weighted by atomic mass is 9.94. The second-order valence-electron chi connectivity index (χ2n) is 6.37. The van der Waals surface area contributed by atoms with Crippen molar-refractivity contribution in [1.82, 2.24) is 0 Å². The number of rotatable bonds is 1. The molecule has 0 amide bonds. The van der Waals surface area contributed by atoms with Crippen LogP contribution in [0.15, 0.2) is 12.7 Å². The van der Waals surface area contributed by atoms with Gasteiger partial charge in [-0.25, -0.2) is 4.79 Å². The predicted octanol–water partition coefficient (Wildman–Crippen LogP) is 5.14. The van der Waals surface area contributed by atoms with E-state index in [9.17, 15) is 4.79 Å². The van der Waals surface area contributed by atoms with Crippen molar-refractivity contribution in [1.29, 1.82) is 0 Å². The van der Waals surface area contributed by atoms with Crippen molar-refractivity contribution in [2.75, 3.05) is 0 Å². The molecule has 0 saturated heterocycles. The van der Waals surface area contributed by atoms with E-state index in [4.69, 9.17) is 5.11 Å². The standard InChI is InChI=1S/2C6H14.C3H4O2/c2*1-5-6(2,3)4;1-2-3(4)5/h2*5H2,1-4H3;2H,1H2,(H,4,5). The Morgan fingerprint density at radius 2 is 1.12 bits per heavy atom. The van der Waals surface area contributed by atoms with E-state index >= 15 is 0 Å². The second kappa shape index (κ2) is 10.4. The zero-order valence-electron chi connectivity index (χ0n) is 13.1. The van der Waals surface area contributed by atoms with E-state index in [0.29, 0.717) is 10.8 Å². The van der Waals surface area contributed by atoms with Crippen molar-refractivity contribution in [2.45, 2.75) is 68.2 Å². The molecule has 0 aliphatic carbocycles. The van der Waals surface area contributed by atoms with Crippen LogP contribution < -0.4 is 0 Å². The van der Waals surface area contributed by atoms with Crippen LogP contribution in [0.3, 0.4) is 0 Å². The van der Waals surface area contributed by atoms with Gasteiger partial charge in [0.2, 0.25) is 0 Å². The Balaban J connectivity index is -0.000000174. The summed E-state index contributed by atoms with van der Waals surface area (Å²) in [6.45, 7) is 20.8. The summed E-state index contributed by atoms with van der Waals surface area (Å²) in [5, 5.41) is 7.60. The van der Waals surface area contributed by atoms with Crippen molar-refractivity contribution in [3.8, 4) is 0 Å². The van der Waals surface area contributed by atoms with Gasteiger partial charge < -0.3 is 5.11 Å². The highest BCUT2D eigenvalue weighted by atomic mass is 16.4. The first-order chi connectivity index (χ1) is 7.39. The molecule has 1 N–H and O–H groups in total. The molecular formula is C15H32O2. The number of carboxylic acids is 1. The van der Waals surface area contributed by atoms with E-state index in [1.807, 2.05) is 0 Å². The lowest BCUT2D eigenvalue weighted by molar-refractivity contribution is -0.131. The Morgan fingerprint density at radius 1 is 1.00 bits per heavy atom. The third-order valence-corrected chi connectivity index (χ3v) is 2.30. The third kappa shape index (κ3) is 51.1. The van der Waals surface area contributed by atoms with Gasteiger partial charge in [-0.1, -0.05) is 74.8 Å². The quantitative estimate of drug-likeness (QED) is 0.648. The van der Waals surface area contributed by atoms with Gasteiger partial charge in [-0.2, -0.15) is 0 Å². The largest absolute Gasteiger partial charge is 0.478 e. The van der Waals surface area contributed by atoms with Gasteiger partial charge in [0.25, 0.3) is 0 Å². The summed E-state index contributed by atoms with van der Waals surface area (Å²) in [5.41, 5.74) is 1.08. The number of carbonyl (C=O) groups is 1. The molecule has 0 aromatic carbocycles. The van der Waals surface area contributed by atoms with Crippen molar-refractivity contribution < 1.29 is 9.90 Å². The van der Waals surface area contributed by atoms with Gasteiger partial charge in [-0.15, -0.1) is 0 Å². The van der Waals surface area contributed by atoms with E-state index in [1.54, 1.807) is 0 Å². The summed E-state index contributed by atoms with van der Waals surface area (Å²) in [6, 6.07) is 0. The Bertz CT molecular complexity index is 178. The van der Waals surface area contributed by atoms with Gasteiger partial charge in [-0.05, 0) is 10.8 Å². The van der Waals surface area contributed by atoms with Gasteiger partial charge in [-0.3, -0.25) is 0 Å². The molecule has 0 aliphatic rings. The summed E-state index contributed by atoms with van der Waals surface area (Å²) < 4.78 is 0. The summed E-state index contributed by atoms with van der Waals surface area (Å²) >= 11 is 0. The monoisotopic (exact) mass is 244 g/mol. The first-order valence-corrected chi connectivity index (χ1v) is 6.25. The maximum atomic E-state index is 9.25. The molecule has 104 valence electrons. The first-order valence-electron chi connectivity index (χ1n) is 6.25. The number of hydrogen-bond donors (Lipinski definition) is 1. The molecule has 0 aliphatic heterocycles. The van der Waals surface area contributed by atoms with Gasteiger partial charge in [0, 0.05) is 6.08 Å². The fourth-order valence-corrected chi connectivity index (χ4v) is 0. The molecule has 0 saturated carbocycles. The zero-order chi connectivity index (χ0) is 14.7. The van der Waals surface area contributed by atoms with Crippen LogP contribution in [0.25, 0.3) is 0 Å². The average molecular weight is 244 g/mol. The van der Waals surface area contributed by atoms with Crippen LogP contribution in [0.5, 0.6) is 0 Å². The Hall–Kier alpha value is -0.790. The highest BCUT2D eigenvalue weighted by molar-refractivity contribution is 5.78. The van der Waals surface area contributed by atoms with Crippen LogP contribution in [0.1, 0.15) is 68.2 Å². The fraction of sp³-hybridized carbons (Fsp3) is 0.800. The van der Waals surface area contributed by atoms with Crippen LogP contribution in [0.2, 0.25) is 0 Å².